The Morgan fingerprint density at radius 3 is 2.86 bits per heavy atom. The molecule has 0 aliphatic carbocycles. The second-order valence-corrected chi connectivity index (χ2v) is 4.38. The molecule has 2 rings (SSSR count). The van der Waals surface area contributed by atoms with Crippen LogP contribution in [0, 0.1) is 6.92 Å². The highest BCUT2D eigenvalue weighted by molar-refractivity contribution is 6.07. The SMILES string of the molecule is COC(=O)c1[nH]c(C)cc1NC(=O)c1ccnc(CO)c1. The lowest BCUT2D eigenvalue weighted by Crippen LogP contribution is -2.15. The van der Waals surface area contributed by atoms with E-state index in [2.05, 4.69) is 20.0 Å². The number of nitrogens with one attached hydrogen (secondary N) is 2. The van der Waals surface area contributed by atoms with Crippen LogP contribution in [0.2, 0.25) is 0 Å². The third-order valence-electron chi connectivity index (χ3n) is 2.83. The number of hydrogen-bond donors (Lipinski definition) is 3. The number of ether oxygens (including phenoxy) is 1. The van der Waals surface area contributed by atoms with Gasteiger partial charge in [0, 0.05) is 17.5 Å². The first-order chi connectivity index (χ1) is 10.0. The molecule has 21 heavy (non-hydrogen) atoms. The number of aliphatic hydroxyl groups is 1. The third kappa shape index (κ3) is 3.26. The molecule has 2 heterocycles. The van der Waals surface area contributed by atoms with E-state index in [1.54, 1.807) is 13.0 Å². The largest absolute Gasteiger partial charge is 0.464 e. The number of carbonyl (C=O) groups is 2. The number of aliphatic hydroxyl groups excluding tert-OH is 1. The van der Waals surface area contributed by atoms with Gasteiger partial charge in [-0.25, -0.2) is 4.79 Å². The minimum Gasteiger partial charge on any atom is -0.464 e. The van der Waals surface area contributed by atoms with Crippen molar-refractivity contribution in [1.29, 1.82) is 0 Å². The van der Waals surface area contributed by atoms with Crippen LogP contribution >= 0.6 is 0 Å². The maximum absolute atomic E-state index is 12.2. The van der Waals surface area contributed by atoms with Crippen molar-refractivity contribution in [3.8, 4) is 0 Å². The number of methoxy groups -OCH3 is 1. The lowest BCUT2D eigenvalue weighted by atomic mass is 10.2. The summed E-state index contributed by atoms with van der Waals surface area (Å²) in [6, 6.07) is 4.64. The molecule has 0 atom stereocenters. The van der Waals surface area contributed by atoms with Crippen LogP contribution in [0.15, 0.2) is 24.4 Å². The number of hydrogen-bond acceptors (Lipinski definition) is 5. The second-order valence-electron chi connectivity index (χ2n) is 4.38. The topological polar surface area (TPSA) is 104 Å². The molecule has 7 heteroatoms. The number of carbonyl (C=O) groups excluding carboxylic acids is 2. The third-order valence-corrected chi connectivity index (χ3v) is 2.83. The minimum atomic E-state index is -0.566. The van der Waals surface area contributed by atoms with E-state index < -0.39 is 11.9 Å². The van der Waals surface area contributed by atoms with Crippen LogP contribution in [-0.2, 0) is 11.3 Å². The molecular formula is C14H15N3O4. The Hall–Kier alpha value is -2.67. The lowest BCUT2D eigenvalue weighted by Gasteiger charge is -2.06. The number of anilines is 1. The summed E-state index contributed by atoms with van der Waals surface area (Å²) in [6.45, 7) is 1.51. The van der Waals surface area contributed by atoms with Gasteiger partial charge in [-0.1, -0.05) is 0 Å². The highest BCUT2D eigenvalue weighted by Crippen LogP contribution is 2.19. The Labute approximate surface area is 121 Å². The highest BCUT2D eigenvalue weighted by Gasteiger charge is 2.17. The van der Waals surface area contributed by atoms with Crippen LogP contribution in [0.1, 0.15) is 32.2 Å². The molecule has 0 radical (unpaired) electrons. The van der Waals surface area contributed by atoms with Crippen LogP contribution in [0.3, 0.4) is 0 Å². The summed E-state index contributed by atoms with van der Waals surface area (Å²) in [5.41, 5.74) is 1.97. The van der Waals surface area contributed by atoms with Gasteiger partial charge in [-0.2, -0.15) is 0 Å². The molecule has 7 nitrogen and oxygen atoms in total. The number of amides is 1. The fourth-order valence-corrected chi connectivity index (χ4v) is 1.85. The summed E-state index contributed by atoms with van der Waals surface area (Å²) < 4.78 is 4.65. The van der Waals surface area contributed by atoms with Gasteiger partial charge in [0.1, 0.15) is 5.69 Å². The van der Waals surface area contributed by atoms with Crippen molar-refractivity contribution in [3.05, 3.63) is 47.0 Å². The summed E-state index contributed by atoms with van der Waals surface area (Å²) in [4.78, 5) is 30.5. The van der Waals surface area contributed by atoms with E-state index in [1.165, 1.54) is 25.4 Å². The van der Waals surface area contributed by atoms with Crippen LogP contribution < -0.4 is 5.32 Å². The molecule has 0 spiro atoms. The zero-order valence-electron chi connectivity index (χ0n) is 11.6. The van der Waals surface area contributed by atoms with Crippen LogP contribution in [0.5, 0.6) is 0 Å². The second kappa shape index (κ2) is 6.19. The molecule has 0 aromatic carbocycles. The Morgan fingerprint density at radius 2 is 2.19 bits per heavy atom. The van der Waals surface area contributed by atoms with Crippen molar-refractivity contribution >= 4 is 17.6 Å². The fourth-order valence-electron chi connectivity index (χ4n) is 1.85. The summed E-state index contributed by atoms with van der Waals surface area (Å²) in [7, 11) is 1.26. The van der Waals surface area contributed by atoms with E-state index in [1.807, 2.05) is 0 Å². The normalized spacial score (nSPS) is 10.2. The molecular weight excluding hydrogens is 274 g/mol. The Morgan fingerprint density at radius 1 is 1.43 bits per heavy atom. The monoisotopic (exact) mass is 289 g/mol. The number of aryl methyl sites for hydroxylation is 1. The molecule has 0 aliphatic heterocycles. The quantitative estimate of drug-likeness (QED) is 0.735. The summed E-state index contributed by atoms with van der Waals surface area (Å²) >= 11 is 0. The molecule has 1 amide bonds. The summed E-state index contributed by atoms with van der Waals surface area (Å²) in [6.07, 6.45) is 1.43. The number of rotatable bonds is 4. The van der Waals surface area contributed by atoms with Gasteiger partial charge in [-0.3, -0.25) is 9.78 Å². The highest BCUT2D eigenvalue weighted by atomic mass is 16.5. The van der Waals surface area contributed by atoms with Crippen molar-refractivity contribution in [1.82, 2.24) is 9.97 Å². The van der Waals surface area contributed by atoms with Gasteiger partial charge in [0.05, 0.1) is 25.1 Å². The molecule has 0 bridgehead atoms. The first kappa shape index (κ1) is 14.7. The number of aromatic amines is 1. The molecule has 0 unspecified atom stereocenters. The molecule has 0 aliphatic rings. The Bertz CT molecular complexity index is 679. The van der Waals surface area contributed by atoms with Gasteiger partial charge in [0.2, 0.25) is 0 Å². The van der Waals surface area contributed by atoms with Crippen LogP contribution in [0.4, 0.5) is 5.69 Å². The lowest BCUT2D eigenvalue weighted by molar-refractivity contribution is 0.0596. The van der Waals surface area contributed by atoms with E-state index in [9.17, 15) is 9.59 Å². The maximum Gasteiger partial charge on any atom is 0.356 e. The first-order valence-corrected chi connectivity index (χ1v) is 6.20. The number of H-pyrrole nitrogens is 1. The number of esters is 1. The zero-order valence-corrected chi connectivity index (χ0v) is 11.6. The molecule has 110 valence electrons. The molecule has 0 fully saturated rings. The van der Waals surface area contributed by atoms with Gasteiger partial charge in [0.25, 0.3) is 5.91 Å². The predicted molar refractivity (Wildman–Crippen MR) is 75.0 cm³/mol. The smallest absolute Gasteiger partial charge is 0.356 e. The zero-order chi connectivity index (χ0) is 15.4. The predicted octanol–water partition coefficient (Wildman–Crippen LogP) is 1.25. The standard InChI is InChI=1S/C14H15N3O4/c1-8-5-11(12(16-8)14(20)21-2)17-13(19)9-3-4-15-10(6-9)7-18/h3-6,16,18H,7H2,1-2H3,(H,17,19). The molecule has 2 aromatic rings. The van der Waals surface area contributed by atoms with Crippen molar-refractivity contribution in [3.63, 3.8) is 0 Å². The first-order valence-electron chi connectivity index (χ1n) is 6.20. The minimum absolute atomic E-state index is 0.180. The van der Waals surface area contributed by atoms with Crippen LogP contribution in [0.25, 0.3) is 0 Å². The molecule has 0 saturated carbocycles. The van der Waals surface area contributed by atoms with E-state index in [-0.39, 0.29) is 12.3 Å². The van der Waals surface area contributed by atoms with Gasteiger partial charge >= 0.3 is 5.97 Å². The van der Waals surface area contributed by atoms with Crippen LogP contribution in [-0.4, -0.2) is 34.1 Å². The number of aromatic nitrogens is 2. The number of nitrogens with zero attached hydrogens (tertiary/aromatic N) is 1. The summed E-state index contributed by atoms with van der Waals surface area (Å²) in [5.74, 6) is -0.972. The summed E-state index contributed by atoms with van der Waals surface area (Å²) in [5, 5.41) is 11.7. The Balaban J connectivity index is 2.25. The fraction of sp³-hybridized carbons (Fsp3) is 0.214. The molecule has 0 saturated heterocycles. The number of pyridine rings is 1. The average molecular weight is 289 g/mol. The van der Waals surface area contributed by atoms with E-state index >= 15 is 0 Å². The van der Waals surface area contributed by atoms with Crippen molar-refractivity contribution in [2.75, 3.05) is 12.4 Å². The van der Waals surface area contributed by atoms with E-state index in [0.717, 1.165) is 5.69 Å². The average Bonchev–Trinajstić information content (AvgIpc) is 2.87. The van der Waals surface area contributed by atoms with Gasteiger partial charge in [-0.05, 0) is 25.1 Å². The van der Waals surface area contributed by atoms with Crippen molar-refractivity contribution in [2.45, 2.75) is 13.5 Å². The van der Waals surface area contributed by atoms with Gasteiger partial charge < -0.3 is 20.1 Å². The van der Waals surface area contributed by atoms with Crippen molar-refractivity contribution in [2.24, 2.45) is 0 Å². The van der Waals surface area contributed by atoms with E-state index in [4.69, 9.17) is 5.11 Å². The van der Waals surface area contributed by atoms with Gasteiger partial charge in [0.15, 0.2) is 0 Å². The Kier molecular flexibility index (Phi) is 4.34. The molecule has 3 N–H and O–H groups in total. The maximum atomic E-state index is 12.2. The van der Waals surface area contributed by atoms with Crippen molar-refractivity contribution < 1.29 is 19.4 Å². The van der Waals surface area contributed by atoms with E-state index in [0.29, 0.717) is 16.9 Å². The van der Waals surface area contributed by atoms with Gasteiger partial charge in [-0.15, -0.1) is 0 Å². The molecule has 2 aromatic heterocycles.